The topological polar surface area (TPSA) is 132 Å². The SMILES string of the molecule is CCCCC/C=C\CC1OC1C/C=C\C/C=C\CCCC(=O)O[C@H](COC(=O)CCCCCCCCCCCCC(C)CC)COP(=O)(O)O. The first kappa shape index (κ1) is 46.3. The van der Waals surface area contributed by atoms with Crippen LogP contribution >= 0.6 is 7.82 Å². The Morgan fingerprint density at radius 1 is 0.700 bits per heavy atom. The third kappa shape index (κ3) is 29.9. The molecular weight excluding hydrogens is 655 g/mol. The highest BCUT2D eigenvalue weighted by atomic mass is 31.2. The van der Waals surface area contributed by atoms with Gasteiger partial charge in [0.25, 0.3) is 0 Å². The molecule has 1 aliphatic rings. The third-order valence-electron chi connectivity index (χ3n) is 9.10. The summed E-state index contributed by atoms with van der Waals surface area (Å²) in [6, 6.07) is 0. The van der Waals surface area contributed by atoms with E-state index >= 15 is 0 Å². The monoisotopic (exact) mass is 726 g/mol. The molecule has 9 nitrogen and oxygen atoms in total. The molecule has 0 aromatic rings. The molecule has 1 aliphatic heterocycles. The lowest BCUT2D eigenvalue weighted by atomic mass is 9.99. The van der Waals surface area contributed by atoms with E-state index in [-0.39, 0.29) is 19.4 Å². The molecule has 0 bridgehead atoms. The van der Waals surface area contributed by atoms with Crippen LogP contribution in [0.1, 0.15) is 168 Å². The Labute approximate surface area is 304 Å². The fourth-order valence-electron chi connectivity index (χ4n) is 5.62. The van der Waals surface area contributed by atoms with Crippen molar-refractivity contribution in [2.75, 3.05) is 13.2 Å². The van der Waals surface area contributed by atoms with Crippen LogP contribution < -0.4 is 0 Å². The molecule has 1 fully saturated rings. The summed E-state index contributed by atoms with van der Waals surface area (Å²) < 4.78 is 32.0. The van der Waals surface area contributed by atoms with Crippen LogP contribution in [0.4, 0.5) is 0 Å². The number of phosphoric acid groups is 1. The molecule has 10 heteroatoms. The van der Waals surface area contributed by atoms with Crippen LogP contribution in [0.3, 0.4) is 0 Å². The minimum absolute atomic E-state index is 0.131. The molecular formula is C40H71O9P. The smallest absolute Gasteiger partial charge is 0.462 e. The van der Waals surface area contributed by atoms with Gasteiger partial charge in [0.15, 0.2) is 6.10 Å². The van der Waals surface area contributed by atoms with E-state index in [0.29, 0.717) is 31.5 Å². The van der Waals surface area contributed by atoms with E-state index in [1.54, 1.807) is 0 Å². The number of phosphoric ester groups is 1. The fourth-order valence-corrected chi connectivity index (χ4v) is 5.98. The average molecular weight is 727 g/mol. The normalized spacial score (nSPS) is 17.5. The Morgan fingerprint density at radius 2 is 1.26 bits per heavy atom. The molecule has 0 aromatic carbocycles. The van der Waals surface area contributed by atoms with Gasteiger partial charge in [-0.3, -0.25) is 14.1 Å². The second-order valence-electron chi connectivity index (χ2n) is 13.9. The number of esters is 2. The predicted molar refractivity (Wildman–Crippen MR) is 202 cm³/mol. The summed E-state index contributed by atoms with van der Waals surface area (Å²) in [7, 11) is -4.77. The maximum atomic E-state index is 12.4. The van der Waals surface area contributed by atoms with Crippen molar-refractivity contribution in [1.29, 1.82) is 0 Å². The van der Waals surface area contributed by atoms with Gasteiger partial charge in [-0.2, -0.15) is 0 Å². The zero-order chi connectivity index (χ0) is 36.7. The lowest BCUT2D eigenvalue weighted by Crippen LogP contribution is -2.29. The summed E-state index contributed by atoms with van der Waals surface area (Å²) in [5.41, 5.74) is 0. The molecule has 1 saturated heterocycles. The van der Waals surface area contributed by atoms with E-state index in [0.717, 1.165) is 44.4 Å². The van der Waals surface area contributed by atoms with Gasteiger partial charge in [0.05, 0.1) is 18.8 Å². The van der Waals surface area contributed by atoms with Gasteiger partial charge in [-0.15, -0.1) is 0 Å². The number of ether oxygens (including phenoxy) is 3. The highest BCUT2D eigenvalue weighted by Crippen LogP contribution is 2.36. The lowest BCUT2D eigenvalue weighted by molar-refractivity contribution is -0.161. The second-order valence-corrected chi connectivity index (χ2v) is 15.1. The molecule has 290 valence electrons. The van der Waals surface area contributed by atoms with Crippen LogP contribution in [-0.2, 0) is 32.9 Å². The third-order valence-corrected chi connectivity index (χ3v) is 9.59. The van der Waals surface area contributed by atoms with Crippen molar-refractivity contribution in [3.05, 3.63) is 36.5 Å². The molecule has 50 heavy (non-hydrogen) atoms. The van der Waals surface area contributed by atoms with E-state index in [4.69, 9.17) is 24.0 Å². The molecule has 0 saturated carbocycles. The molecule has 3 unspecified atom stereocenters. The molecule has 4 atom stereocenters. The number of hydrogen-bond donors (Lipinski definition) is 2. The Hall–Kier alpha value is -1.77. The molecule has 2 N–H and O–H groups in total. The number of unbranched alkanes of at least 4 members (excludes halogenated alkanes) is 13. The Balaban J connectivity index is 2.13. The van der Waals surface area contributed by atoms with E-state index in [1.165, 1.54) is 77.0 Å². The first-order valence-corrected chi connectivity index (χ1v) is 21.3. The largest absolute Gasteiger partial charge is 0.469 e. The standard InChI is InChI=1S/C40H71O9P/c1-4-6-7-8-19-24-29-37-38(49-37)30-25-20-15-13-17-22-27-32-40(42)48-36(34-47-50(43,44)45)33-46-39(41)31-26-21-16-12-10-9-11-14-18-23-28-35(3)5-2/h13,17,19-20,24-25,35-38H,4-12,14-16,18,21-23,26-34H2,1-3H3,(H2,43,44,45)/b17-13-,24-19-,25-20-/t35?,36-,37?,38?/m1/s1. The van der Waals surface area contributed by atoms with Crippen LogP contribution in [0, 0.1) is 5.92 Å². The lowest BCUT2D eigenvalue weighted by Gasteiger charge is -2.18. The van der Waals surface area contributed by atoms with Crippen molar-refractivity contribution in [1.82, 2.24) is 0 Å². The van der Waals surface area contributed by atoms with Crippen LogP contribution in [0.25, 0.3) is 0 Å². The Bertz CT molecular complexity index is 989. The second kappa shape index (κ2) is 30.8. The van der Waals surface area contributed by atoms with Gasteiger partial charge >= 0.3 is 19.8 Å². The average Bonchev–Trinajstić information content (AvgIpc) is 3.84. The van der Waals surface area contributed by atoms with E-state index in [2.05, 4.69) is 55.7 Å². The fraction of sp³-hybridized carbons (Fsp3) is 0.800. The van der Waals surface area contributed by atoms with Crippen LogP contribution in [0.15, 0.2) is 36.5 Å². The maximum Gasteiger partial charge on any atom is 0.469 e. The zero-order valence-electron chi connectivity index (χ0n) is 31.7. The van der Waals surface area contributed by atoms with Crippen LogP contribution in [0.2, 0.25) is 0 Å². The van der Waals surface area contributed by atoms with Crippen molar-refractivity contribution >= 4 is 19.8 Å². The van der Waals surface area contributed by atoms with Crippen molar-refractivity contribution in [2.45, 2.75) is 187 Å². The van der Waals surface area contributed by atoms with Gasteiger partial charge < -0.3 is 24.0 Å². The van der Waals surface area contributed by atoms with Gasteiger partial charge in [-0.1, -0.05) is 141 Å². The highest BCUT2D eigenvalue weighted by Gasteiger charge is 2.36. The Kier molecular flexibility index (Phi) is 28.5. The summed E-state index contributed by atoms with van der Waals surface area (Å²) >= 11 is 0. The number of rotatable bonds is 34. The first-order valence-electron chi connectivity index (χ1n) is 19.8. The van der Waals surface area contributed by atoms with Crippen LogP contribution in [-0.4, -0.2) is 53.3 Å². The van der Waals surface area contributed by atoms with Gasteiger partial charge in [0, 0.05) is 12.8 Å². The van der Waals surface area contributed by atoms with Crippen molar-refractivity contribution in [3.63, 3.8) is 0 Å². The summed E-state index contributed by atoms with van der Waals surface area (Å²) in [6.45, 7) is 5.94. The number of carbonyl (C=O) groups excluding carboxylic acids is 2. The van der Waals surface area contributed by atoms with Gasteiger partial charge in [0.2, 0.25) is 0 Å². The van der Waals surface area contributed by atoms with Crippen molar-refractivity contribution in [2.24, 2.45) is 5.92 Å². The summed E-state index contributed by atoms with van der Waals surface area (Å²) in [5, 5.41) is 0. The molecule has 1 heterocycles. The summed E-state index contributed by atoms with van der Waals surface area (Å²) in [4.78, 5) is 42.8. The molecule has 0 aromatic heterocycles. The summed E-state index contributed by atoms with van der Waals surface area (Å²) in [5.74, 6) is -0.109. The minimum atomic E-state index is -4.77. The number of epoxide rings is 1. The Morgan fingerprint density at radius 3 is 1.90 bits per heavy atom. The first-order chi connectivity index (χ1) is 24.1. The van der Waals surface area contributed by atoms with Crippen molar-refractivity contribution in [3.8, 4) is 0 Å². The quantitative estimate of drug-likeness (QED) is 0.0219. The molecule has 0 spiro atoms. The van der Waals surface area contributed by atoms with Gasteiger partial charge in [-0.05, 0) is 57.3 Å². The zero-order valence-corrected chi connectivity index (χ0v) is 32.5. The van der Waals surface area contributed by atoms with Gasteiger partial charge in [-0.25, -0.2) is 4.57 Å². The van der Waals surface area contributed by atoms with E-state index < -0.39 is 32.5 Å². The van der Waals surface area contributed by atoms with E-state index in [9.17, 15) is 14.2 Å². The number of hydrogen-bond acceptors (Lipinski definition) is 7. The number of carbonyl (C=O) groups is 2. The van der Waals surface area contributed by atoms with Gasteiger partial charge in [0.1, 0.15) is 6.61 Å². The predicted octanol–water partition coefficient (Wildman–Crippen LogP) is 10.6. The molecule has 1 rings (SSSR count). The molecule has 0 amide bonds. The van der Waals surface area contributed by atoms with E-state index in [1.807, 2.05) is 6.08 Å². The maximum absolute atomic E-state index is 12.4. The number of allylic oxidation sites excluding steroid dienone is 4. The molecule has 0 aliphatic carbocycles. The highest BCUT2D eigenvalue weighted by molar-refractivity contribution is 7.46. The van der Waals surface area contributed by atoms with Crippen LogP contribution in [0.5, 0.6) is 0 Å². The minimum Gasteiger partial charge on any atom is -0.462 e. The van der Waals surface area contributed by atoms with Crippen molar-refractivity contribution < 1.29 is 42.7 Å². The molecule has 0 radical (unpaired) electrons. The summed E-state index contributed by atoms with van der Waals surface area (Å²) in [6.07, 6.45) is 36.1.